The number of rotatable bonds is 6. The fraction of sp³-hybridized carbons (Fsp3) is 0.179. The Hall–Kier alpha value is -3.04. The number of aromatic nitrogens is 1. The standard InChI is InChI=1S/C28H22Cl2N2O4S2/c1-4-35-27(34)23-15(2)31-28-32(25(23)16-8-11-18(37-3)12-9-16)26(33)22(38-28)14-17-10-13-21(36-17)19-6-5-7-20(29)24(19)30/h5-14,25H,4H2,1-3H3. The second-order valence-electron chi connectivity index (χ2n) is 8.38. The van der Waals surface area contributed by atoms with E-state index in [0.717, 1.165) is 10.5 Å². The zero-order valence-corrected chi connectivity index (χ0v) is 23.8. The Labute approximate surface area is 236 Å². The van der Waals surface area contributed by atoms with Crippen LogP contribution in [0.2, 0.25) is 10.0 Å². The molecule has 0 bridgehead atoms. The number of thiazole rings is 1. The van der Waals surface area contributed by atoms with Crippen molar-refractivity contribution in [3.05, 3.63) is 107 Å². The molecular weight excluding hydrogens is 563 g/mol. The van der Waals surface area contributed by atoms with Gasteiger partial charge >= 0.3 is 5.97 Å². The lowest BCUT2D eigenvalue weighted by Crippen LogP contribution is -2.39. The molecule has 6 nitrogen and oxygen atoms in total. The van der Waals surface area contributed by atoms with Crippen molar-refractivity contribution >= 4 is 58.3 Å². The summed E-state index contributed by atoms with van der Waals surface area (Å²) in [4.78, 5) is 33.0. The van der Waals surface area contributed by atoms with Crippen molar-refractivity contribution < 1.29 is 13.9 Å². The van der Waals surface area contributed by atoms with Crippen LogP contribution in [0.3, 0.4) is 0 Å². The van der Waals surface area contributed by atoms with E-state index >= 15 is 0 Å². The van der Waals surface area contributed by atoms with E-state index < -0.39 is 12.0 Å². The van der Waals surface area contributed by atoms with Crippen molar-refractivity contribution in [2.45, 2.75) is 24.8 Å². The average Bonchev–Trinajstić information content (AvgIpc) is 3.49. The molecule has 2 aromatic heterocycles. The Morgan fingerprint density at radius 1 is 1.18 bits per heavy atom. The smallest absolute Gasteiger partial charge is 0.338 e. The number of esters is 1. The van der Waals surface area contributed by atoms with Gasteiger partial charge in [0.15, 0.2) is 4.80 Å². The molecule has 0 radical (unpaired) electrons. The fourth-order valence-electron chi connectivity index (χ4n) is 4.29. The van der Waals surface area contributed by atoms with E-state index in [1.165, 1.54) is 11.3 Å². The van der Waals surface area contributed by atoms with E-state index in [1.54, 1.807) is 60.5 Å². The van der Waals surface area contributed by atoms with Gasteiger partial charge in [0.2, 0.25) is 0 Å². The lowest BCUT2D eigenvalue weighted by Gasteiger charge is -2.24. The number of benzene rings is 2. The highest BCUT2D eigenvalue weighted by Crippen LogP contribution is 2.35. The van der Waals surface area contributed by atoms with Gasteiger partial charge in [0.25, 0.3) is 5.56 Å². The number of fused-ring (bicyclic) bond motifs is 1. The van der Waals surface area contributed by atoms with Gasteiger partial charge in [-0.1, -0.05) is 52.7 Å². The van der Waals surface area contributed by atoms with Crippen LogP contribution in [0.1, 0.15) is 31.2 Å². The van der Waals surface area contributed by atoms with Gasteiger partial charge in [-0.05, 0) is 62.1 Å². The molecule has 5 rings (SSSR count). The summed E-state index contributed by atoms with van der Waals surface area (Å²) in [7, 11) is 0. The second kappa shape index (κ2) is 11.0. The molecule has 0 saturated carbocycles. The first kappa shape index (κ1) is 26.6. The minimum Gasteiger partial charge on any atom is -0.463 e. The van der Waals surface area contributed by atoms with Gasteiger partial charge in [0, 0.05) is 16.5 Å². The van der Waals surface area contributed by atoms with Crippen LogP contribution in [0, 0.1) is 0 Å². The topological polar surface area (TPSA) is 73.8 Å². The molecule has 1 aliphatic heterocycles. The molecular formula is C28H22Cl2N2O4S2. The van der Waals surface area contributed by atoms with Gasteiger partial charge < -0.3 is 9.15 Å². The van der Waals surface area contributed by atoms with Crippen LogP contribution in [0.4, 0.5) is 0 Å². The Bertz CT molecular complexity index is 1750. The lowest BCUT2D eigenvalue weighted by molar-refractivity contribution is -0.139. The Morgan fingerprint density at radius 2 is 1.95 bits per heavy atom. The third kappa shape index (κ3) is 4.89. The number of nitrogens with zero attached hydrogens (tertiary/aromatic N) is 2. The van der Waals surface area contributed by atoms with E-state index in [0.29, 0.717) is 47.7 Å². The highest BCUT2D eigenvalue weighted by atomic mass is 35.5. The van der Waals surface area contributed by atoms with Crippen molar-refractivity contribution in [3.8, 4) is 11.3 Å². The summed E-state index contributed by atoms with van der Waals surface area (Å²) < 4.78 is 13.3. The monoisotopic (exact) mass is 584 g/mol. The quantitative estimate of drug-likeness (QED) is 0.202. The summed E-state index contributed by atoms with van der Waals surface area (Å²) in [5.74, 6) is 0.517. The van der Waals surface area contributed by atoms with E-state index in [-0.39, 0.29) is 12.2 Å². The molecule has 0 aliphatic carbocycles. The Balaban J connectivity index is 1.64. The number of carbonyl (C=O) groups excluding carboxylic acids is 1. The number of thioether (sulfide) groups is 1. The normalized spacial score (nSPS) is 15.4. The molecule has 4 aromatic rings. The molecule has 10 heteroatoms. The van der Waals surface area contributed by atoms with E-state index in [9.17, 15) is 9.59 Å². The molecule has 1 unspecified atom stereocenters. The van der Waals surface area contributed by atoms with Crippen molar-refractivity contribution in [3.63, 3.8) is 0 Å². The van der Waals surface area contributed by atoms with Crippen LogP contribution in [0.15, 0.2) is 85.0 Å². The van der Waals surface area contributed by atoms with Crippen molar-refractivity contribution in [1.29, 1.82) is 0 Å². The summed E-state index contributed by atoms with van der Waals surface area (Å²) in [5, 5.41) is 0.817. The number of furan rings is 1. The second-order valence-corrected chi connectivity index (χ2v) is 11.1. The fourth-order valence-corrected chi connectivity index (χ4v) is 6.12. The van der Waals surface area contributed by atoms with Crippen molar-refractivity contribution in [1.82, 2.24) is 4.57 Å². The Kier molecular flexibility index (Phi) is 7.68. The maximum Gasteiger partial charge on any atom is 0.338 e. The predicted molar refractivity (Wildman–Crippen MR) is 153 cm³/mol. The highest BCUT2D eigenvalue weighted by Gasteiger charge is 2.33. The molecule has 0 saturated heterocycles. The van der Waals surface area contributed by atoms with Crippen LogP contribution in [0.5, 0.6) is 0 Å². The van der Waals surface area contributed by atoms with E-state index in [1.807, 2.05) is 36.6 Å². The van der Waals surface area contributed by atoms with E-state index in [2.05, 4.69) is 4.99 Å². The minimum absolute atomic E-state index is 0.218. The predicted octanol–water partition coefficient (Wildman–Crippen LogP) is 6.09. The minimum atomic E-state index is -0.666. The zero-order valence-electron chi connectivity index (χ0n) is 20.7. The van der Waals surface area contributed by atoms with Gasteiger partial charge in [-0.2, -0.15) is 0 Å². The largest absolute Gasteiger partial charge is 0.463 e. The third-order valence-electron chi connectivity index (χ3n) is 6.07. The SMILES string of the molecule is CCOC(=O)C1=C(C)N=c2sc(=Cc3ccc(-c4cccc(Cl)c4Cl)o3)c(=O)n2C1c1ccc(SC)cc1. The Morgan fingerprint density at radius 3 is 2.66 bits per heavy atom. The molecule has 0 amide bonds. The van der Waals surface area contributed by atoms with Crippen LogP contribution in [-0.4, -0.2) is 23.4 Å². The van der Waals surface area contributed by atoms with Gasteiger partial charge in [0.05, 0.1) is 38.5 Å². The van der Waals surface area contributed by atoms with Gasteiger partial charge in [-0.25, -0.2) is 9.79 Å². The first-order chi connectivity index (χ1) is 18.3. The maximum absolute atomic E-state index is 13.8. The first-order valence-electron chi connectivity index (χ1n) is 11.7. The highest BCUT2D eigenvalue weighted by molar-refractivity contribution is 7.98. The number of ether oxygens (including phenoxy) is 1. The molecule has 194 valence electrons. The summed E-state index contributed by atoms with van der Waals surface area (Å²) in [6, 6.07) is 16.0. The van der Waals surface area contributed by atoms with Gasteiger partial charge in [-0.15, -0.1) is 11.8 Å². The third-order valence-corrected chi connectivity index (χ3v) is 8.61. The van der Waals surface area contributed by atoms with Crippen molar-refractivity contribution in [2.24, 2.45) is 4.99 Å². The molecule has 38 heavy (non-hydrogen) atoms. The molecule has 0 spiro atoms. The van der Waals surface area contributed by atoms with Crippen LogP contribution >= 0.6 is 46.3 Å². The first-order valence-corrected chi connectivity index (χ1v) is 14.5. The number of halogens is 2. The zero-order chi connectivity index (χ0) is 27.0. The summed E-state index contributed by atoms with van der Waals surface area (Å²) >= 11 is 15.4. The maximum atomic E-state index is 13.8. The average molecular weight is 586 g/mol. The van der Waals surface area contributed by atoms with Crippen LogP contribution in [0.25, 0.3) is 17.4 Å². The molecule has 1 aliphatic rings. The molecule has 0 N–H and O–H groups in total. The summed E-state index contributed by atoms with van der Waals surface area (Å²) in [6.07, 6.45) is 3.66. The number of hydrogen-bond donors (Lipinski definition) is 0. The van der Waals surface area contributed by atoms with E-state index in [4.69, 9.17) is 32.4 Å². The van der Waals surface area contributed by atoms with Crippen LogP contribution < -0.4 is 14.9 Å². The molecule has 2 aromatic carbocycles. The number of carbonyl (C=O) groups is 1. The van der Waals surface area contributed by atoms with Crippen LogP contribution in [-0.2, 0) is 9.53 Å². The summed E-state index contributed by atoms with van der Waals surface area (Å²) in [6.45, 7) is 3.73. The van der Waals surface area contributed by atoms with Gasteiger partial charge in [-0.3, -0.25) is 9.36 Å². The van der Waals surface area contributed by atoms with Gasteiger partial charge in [0.1, 0.15) is 11.5 Å². The molecule has 0 fully saturated rings. The molecule has 3 heterocycles. The number of allylic oxidation sites excluding steroid dienone is 1. The lowest BCUT2D eigenvalue weighted by atomic mass is 9.96. The molecule has 1 atom stereocenters. The summed E-state index contributed by atoms with van der Waals surface area (Å²) in [5.41, 5.74) is 2.04. The number of hydrogen-bond acceptors (Lipinski definition) is 7. The van der Waals surface area contributed by atoms with Crippen molar-refractivity contribution in [2.75, 3.05) is 12.9 Å².